The fraction of sp³-hybridized carbons (Fsp3) is 0.391. The van der Waals surface area contributed by atoms with Crippen LogP contribution in [-0.4, -0.2) is 49.8 Å². The molecule has 164 valence electrons. The van der Waals surface area contributed by atoms with E-state index in [9.17, 15) is 4.79 Å². The topological polar surface area (TPSA) is 76.8 Å². The van der Waals surface area contributed by atoms with Crippen molar-refractivity contribution in [1.82, 2.24) is 15.4 Å². The summed E-state index contributed by atoms with van der Waals surface area (Å²) in [5.74, 6) is 1.89. The van der Waals surface area contributed by atoms with E-state index in [1.807, 2.05) is 35.7 Å². The molecular formula is C23H27N3O4S. The molecule has 0 bridgehead atoms. The highest BCUT2D eigenvalue weighted by Gasteiger charge is 2.27. The van der Waals surface area contributed by atoms with Crippen molar-refractivity contribution in [2.24, 2.45) is 0 Å². The zero-order valence-electron chi connectivity index (χ0n) is 17.8. The van der Waals surface area contributed by atoms with Gasteiger partial charge in [-0.1, -0.05) is 17.6 Å². The van der Waals surface area contributed by atoms with Crippen molar-refractivity contribution in [3.8, 4) is 22.1 Å². The van der Waals surface area contributed by atoms with Crippen LogP contribution in [0.1, 0.15) is 41.4 Å². The third-order valence-corrected chi connectivity index (χ3v) is 6.47. The largest absolute Gasteiger partial charge is 0.497 e. The summed E-state index contributed by atoms with van der Waals surface area (Å²) >= 11 is 1.55. The number of carbonyl (C=O) groups is 1. The molecule has 3 aromatic rings. The van der Waals surface area contributed by atoms with Crippen LogP contribution in [-0.2, 0) is 0 Å². The van der Waals surface area contributed by atoms with Crippen LogP contribution in [0, 0.1) is 0 Å². The predicted octanol–water partition coefficient (Wildman–Crippen LogP) is 4.38. The summed E-state index contributed by atoms with van der Waals surface area (Å²) in [4.78, 5) is 16.2. The Hall–Kier alpha value is -2.84. The zero-order chi connectivity index (χ0) is 21.6. The summed E-state index contributed by atoms with van der Waals surface area (Å²) in [5.41, 5.74) is 1.28. The van der Waals surface area contributed by atoms with Gasteiger partial charge in [0.2, 0.25) is 0 Å². The molecule has 1 aromatic carbocycles. The van der Waals surface area contributed by atoms with Crippen LogP contribution in [0.25, 0.3) is 10.6 Å². The standard InChI is InChI=1S/C23H27N3O4S/c1-28-16-8-9-20(29-2)17(13-16)19(26-10-4-3-5-11-26)15-24-23(27)18-14-21(30-25-18)22-7-6-12-31-22/h6-9,12-14,19H,3-5,10-11,15H2,1-2H3,(H,24,27)/t19-/m1/s1. The molecule has 7 nitrogen and oxygen atoms in total. The second-order valence-electron chi connectivity index (χ2n) is 7.48. The van der Waals surface area contributed by atoms with Crippen molar-refractivity contribution >= 4 is 17.2 Å². The highest BCUT2D eigenvalue weighted by atomic mass is 32.1. The first kappa shape index (κ1) is 21.4. The van der Waals surface area contributed by atoms with Crippen molar-refractivity contribution in [2.45, 2.75) is 25.3 Å². The van der Waals surface area contributed by atoms with Gasteiger partial charge in [0.25, 0.3) is 5.91 Å². The van der Waals surface area contributed by atoms with E-state index in [1.165, 1.54) is 6.42 Å². The smallest absolute Gasteiger partial charge is 0.273 e. The van der Waals surface area contributed by atoms with Gasteiger partial charge >= 0.3 is 0 Å². The van der Waals surface area contributed by atoms with E-state index in [0.29, 0.717) is 12.3 Å². The van der Waals surface area contributed by atoms with Gasteiger partial charge in [0.05, 0.1) is 25.1 Å². The number of benzene rings is 1. The van der Waals surface area contributed by atoms with Crippen LogP contribution in [0.3, 0.4) is 0 Å². The first-order valence-electron chi connectivity index (χ1n) is 10.4. The summed E-state index contributed by atoms with van der Waals surface area (Å²) in [6, 6.07) is 11.3. The van der Waals surface area contributed by atoms with Crippen molar-refractivity contribution in [3.63, 3.8) is 0 Å². The van der Waals surface area contributed by atoms with Crippen molar-refractivity contribution in [1.29, 1.82) is 0 Å². The number of carbonyl (C=O) groups excluding carboxylic acids is 1. The van der Waals surface area contributed by atoms with Gasteiger partial charge in [0, 0.05) is 18.2 Å². The number of piperidine rings is 1. The number of ether oxygens (including phenoxy) is 2. The van der Waals surface area contributed by atoms with Crippen LogP contribution in [0.5, 0.6) is 11.5 Å². The second kappa shape index (κ2) is 9.98. The highest BCUT2D eigenvalue weighted by molar-refractivity contribution is 7.13. The Labute approximate surface area is 185 Å². The van der Waals surface area contributed by atoms with E-state index >= 15 is 0 Å². The van der Waals surface area contributed by atoms with Crippen molar-refractivity contribution < 1.29 is 18.8 Å². The molecular weight excluding hydrogens is 414 g/mol. The molecule has 0 unspecified atom stereocenters. The van der Waals surface area contributed by atoms with E-state index in [2.05, 4.69) is 15.4 Å². The fourth-order valence-corrected chi connectivity index (χ4v) is 4.64. The number of thiophene rings is 1. The maximum atomic E-state index is 12.8. The van der Waals surface area contributed by atoms with Crippen LogP contribution in [0.4, 0.5) is 0 Å². The Kier molecular flexibility index (Phi) is 6.89. The lowest BCUT2D eigenvalue weighted by molar-refractivity contribution is 0.0914. The number of amides is 1. The average Bonchev–Trinajstić information content (AvgIpc) is 3.52. The third kappa shape index (κ3) is 4.91. The maximum Gasteiger partial charge on any atom is 0.273 e. The lowest BCUT2D eigenvalue weighted by Gasteiger charge is -2.35. The SMILES string of the molecule is COc1ccc(OC)c([C@@H](CNC(=O)c2cc(-c3cccs3)on2)N2CCCCC2)c1. The molecule has 1 aliphatic heterocycles. The molecule has 0 radical (unpaired) electrons. The summed E-state index contributed by atoms with van der Waals surface area (Å²) in [6.07, 6.45) is 3.52. The van der Waals surface area contributed by atoms with Crippen LogP contribution in [0.15, 0.2) is 46.3 Å². The molecule has 0 spiro atoms. The molecule has 0 aliphatic carbocycles. The molecule has 1 amide bonds. The maximum absolute atomic E-state index is 12.8. The van der Waals surface area contributed by atoms with E-state index in [4.69, 9.17) is 14.0 Å². The lowest BCUT2D eigenvalue weighted by atomic mass is 10.00. The van der Waals surface area contributed by atoms with E-state index in [0.717, 1.165) is 47.9 Å². The van der Waals surface area contributed by atoms with Crippen molar-refractivity contribution in [2.75, 3.05) is 33.9 Å². The van der Waals surface area contributed by atoms with Gasteiger partial charge in [-0.05, 0) is 55.6 Å². The number of nitrogens with one attached hydrogen (secondary N) is 1. The van der Waals surface area contributed by atoms with Gasteiger partial charge in [0.15, 0.2) is 11.5 Å². The minimum atomic E-state index is -0.254. The average molecular weight is 442 g/mol. The molecule has 1 fully saturated rings. The quantitative estimate of drug-likeness (QED) is 0.559. The van der Waals surface area contributed by atoms with Crippen molar-refractivity contribution in [3.05, 3.63) is 53.0 Å². The summed E-state index contributed by atoms with van der Waals surface area (Å²) in [6.45, 7) is 2.39. The molecule has 1 atom stereocenters. The number of aromatic nitrogens is 1. The molecule has 31 heavy (non-hydrogen) atoms. The number of methoxy groups -OCH3 is 2. The van der Waals surface area contributed by atoms with Gasteiger partial charge in [-0.2, -0.15) is 0 Å². The molecule has 1 N–H and O–H groups in total. The fourth-order valence-electron chi connectivity index (χ4n) is 3.96. The number of nitrogens with zero attached hydrogens (tertiary/aromatic N) is 2. The third-order valence-electron chi connectivity index (χ3n) is 5.59. The number of likely N-dealkylation sites (tertiary alicyclic amines) is 1. The Bertz CT molecular complexity index is 996. The summed E-state index contributed by atoms with van der Waals surface area (Å²) < 4.78 is 16.4. The van der Waals surface area contributed by atoms with Crippen LogP contribution in [0.2, 0.25) is 0 Å². The Morgan fingerprint density at radius 2 is 2.03 bits per heavy atom. The highest BCUT2D eigenvalue weighted by Crippen LogP contribution is 2.34. The molecule has 2 aromatic heterocycles. The molecule has 1 saturated heterocycles. The predicted molar refractivity (Wildman–Crippen MR) is 120 cm³/mol. The van der Waals surface area contributed by atoms with Gasteiger partial charge < -0.3 is 19.3 Å². The van der Waals surface area contributed by atoms with Gasteiger partial charge in [-0.15, -0.1) is 11.3 Å². The van der Waals surface area contributed by atoms with Crippen LogP contribution < -0.4 is 14.8 Å². The summed E-state index contributed by atoms with van der Waals surface area (Å²) in [7, 11) is 3.32. The lowest BCUT2D eigenvalue weighted by Crippen LogP contribution is -2.40. The second-order valence-corrected chi connectivity index (χ2v) is 8.43. The monoisotopic (exact) mass is 441 g/mol. The Morgan fingerprint density at radius 3 is 2.74 bits per heavy atom. The normalized spacial score (nSPS) is 15.4. The number of hydrogen-bond acceptors (Lipinski definition) is 7. The van der Waals surface area contributed by atoms with Gasteiger partial charge in [-0.25, -0.2) is 0 Å². The molecule has 0 saturated carbocycles. The molecule has 3 heterocycles. The minimum Gasteiger partial charge on any atom is -0.497 e. The van der Waals surface area contributed by atoms with E-state index in [1.54, 1.807) is 31.6 Å². The van der Waals surface area contributed by atoms with Gasteiger partial charge in [0.1, 0.15) is 11.5 Å². The molecule has 1 aliphatic rings. The van der Waals surface area contributed by atoms with E-state index < -0.39 is 0 Å². The Morgan fingerprint density at radius 1 is 1.19 bits per heavy atom. The zero-order valence-corrected chi connectivity index (χ0v) is 18.6. The van der Waals surface area contributed by atoms with Gasteiger partial charge in [-0.3, -0.25) is 9.69 Å². The van der Waals surface area contributed by atoms with Crippen LogP contribution >= 0.6 is 11.3 Å². The number of rotatable bonds is 8. The first-order chi connectivity index (χ1) is 15.2. The minimum absolute atomic E-state index is 0.0297. The molecule has 8 heteroatoms. The van der Waals surface area contributed by atoms with E-state index in [-0.39, 0.29) is 17.6 Å². The Balaban J connectivity index is 1.53. The molecule has 4 rings (SSSR count). The number of hydrogen-bond donors (Lipinski definition) is 1. The first-order valence-corrected chi connectivity index (χ1v) is 11.3. The summed E-state index contributed by atoms with van der Waals surface area (Å²) in [5, 5.41) is 8.96.